The molecule has 0 aliphatic heterocycles. The molecule has 0 fully saturated rings. The molecule has 60 valence electrons. The molecule has 0 N–H and O–H groups in total. The Hall–Kier alpha value is 0.292. The number of hydrogen-bond acceptors (Lipinski definition) is 1. The molecule has 0 aliphatic carbocycles. The zero-order valence-electron chi connectivity index (χ0n) is 8.13. The maximum Gasteiger partial charge on any atom is 1.00 e. The molecule has 1 aromatic heterocycles. The Labute approximate surface area is 94.6 Å². The van der Waals surface area contributed by atoms with E-state index in [0.29, 0.717) is 0 Å². The maximum atomic E-state index is 4.12. The van der Waals surface area contributed by atoms with Crippen LogP contribution in [0.2, 0.25) is 20.5 Å². The summed E-state index contributed by atoms with van der Waals surface area (Å²) < 4.78 is 1.06. The van der Waals surface area contributed by atoms with Crippen molar-refractivity contribution in [2.75, 3.05) is 0 Å². The zero-order valence-corrected chi connectivity index (χ0v) is 9.72. The molecule has 0 atom stereocenters. The van der Waals surface area contributed by atoms with E-state index in [1.165, 1.54) is 5.46 Å². The predicted molar refractivity (Wildman–Crippen MR) is 54.9 cm³/mol. The standard InChI is InChI=1S/C8H12BBrN.Li/c1-9(2,3)7-4-8(10)6-11-5-7;/h4-6H,1-3H3;/q-1;+1. The molecule has 0 saturated carbocycles. The maximum absolute atomic E-state index is 4.12. The van der Waals surface area contributed by atoms with Crippen LogP contribution in [-0.2, 0) is 0 Å². The summed E-state index contributed by atoms with van der Waals surface area (Å²) in [5.74, 6) is 0. The van der Waals surface area contributed by atoms with E-state index in [1.807, 2.05) is 12.4 Å². The number of hydrogen-bond donors (Lipinski definition) is 0. The molecule has 1 aromatic rings. The Kier molecular flexibility index (Phi) is 4.62. The SMILES string of the molecule is C[B-](C)(C)c1cncc(Br)c1.[Li+]. The van der Waals surface area contributed by atoms with Gasteiger partial charge >= 0.3 is 18.9 Å². The fourth-order valence-corrected chi connectivity index (χ4v) is 1.28. The van der Waals surface area contributed by atoms with Crippen molar-refractivity contribution in [3.63, 3.8) is 0 Å². The topological polar surface area (TPSA) is 12.9 Å². The molecule has 0 unspecified atom stereocenters. The molecule has 1 heterocycles. The molecule has 4 heteroatoms. The molecular formula is C8H12BBrLiN. The molecule has 0 bridgehead atoms. The minimum absolute atomic E-state index is 0. The average molecular weight is 220 g/mol. The van der Waals surface area contributed by atoms with Crippen molar-refractivity contribution >= 4 is 27.5 Å². The van der Waals surface area contributed by atoms with Gasteiger partial charge in [0.05, 0.1) is 0 Å². The first-order chi connectivity index (χ1) is 5.00. The van der Waals surface area contributed by atoms with Crippen LogP contribution in [0.25, 0.3) is 0 Å². The molecule has 0 spiro atoms. The second kappa shape index (κ2) is 4.51. The monoisotopic (exact) mass is 219 g/mol. The fraction of sp³-hybridized carbons (Fsp3) is 0.375. The summed E-state index contributed by atoms with van der Waals surface area (Å²) >= 11 is 3.40. The first-order valence-corrected chi connectivity index (χ1v) is 4.67. The van der Waals surface area contributed by atoms with Crippen molar-refractivity contribution in [3.8, 4) is 0 Å². The molecule has 0 saturated heterocycles. The minimum atomic E-state index is -0.416. The van der Waals surface area contributed by atoms with Crippen LogP contribution in [0.4, 0.5) is 0 Å². The molecule has 12 heavy (non-hydrogen) atoms. The van der Waals surface area contributed by atoms with Gasteiger partial charge in [-0.3, -0.25) is 4.98 Å². The van der Waals surface area contributed by atoms with E-state index < -0.39 is 6.15 Å². The van der Waals surface area contributed by atoms with Crippen LogP contribution in [0, 0.1) is 0 Å². The van der Waals surface area contributed by atoms with E-state index in [4.69, 9.17) is 0 Å². The molecule has 1 rings (SSSR count). The number of pyridine rings is 1. The van der Waals surface area contributed by atoms with E-state index in [-0.39, 0.29) is 18.9 Å². The second-order valence-corrected chi connectivity index (χ2v) is 4.95. The van der Waals surface area contributed by atoms with Gasteiger partial charge in [0.15, 0.2) is 0 Å². The van der Waals surface area contributed by atoms with Gasteiger partial charge in [0, 0.05) is 16.8 Å². The van der Waals surface area contributed by atoms with Gasteiger partial charge in [0.1, 0.15) is 0 Å². The van der Waals surface area contributed by atoms with Crippen molar-refractivity contribution in [2.45, 2.75) is 20.5 Å². The number of halogens is 1. The normalized spacial score (nSPS) is 10.7. The summed E-state index contributed by atoms with van der Waals surface area (Å²) in [5, 5.41) is 0. The van der Waals surface area contributed by atoms with Crippen LogP contribution in [0.5, 0.6) is 0 Å². The van der Waals surface area contributed by atoms with E-state index in [9.17, 15) is 0 Å². The van der Waals surface area contributed by atoms with Crippen molar-refractivity contribution < 1.29 is 18.9 Å². The van der Waals surface area contributed by atoms with Crippen molar-refractivity contribution in [3.05, 3.63) is 22.9 Å². The molecular weight excluding hydrogens is 208 g/mol. The van der Waals surface area contributed by atoms with Crippen LogP contribution in [0.15, 0.2) is 22.9 Å². The fourth-order valence-electron chi connectivity index (χ4n) is 0.902. The summed E-state index contributed by atoms with van der Waals surface area (Å²) in [4.78, 5) is 4.12. The summed E-state index contributed by atoms with van der Waals surface area (Å²) in [7, 11) is 0. The van der Waals surface area contributed by atoms with Gasteiger partial charge in [-0.2, -0.15) is 25.9 Å². The van der Waals surface area contributed by atoms with E-state index in [0.717, 1.165) is 4.47 Å². The van der Waals surface area contributed by atoms with E-state index >= 15 is 0 Å². The summed E-state index contributed by atoms with van der Waals surface area (Å²) in [6.07, 6.45) is 3.33. The van der Waals surface area contributed by atoms with E-state index in [2.05, 4.69) is 47.4 Å². The molecule has 0 aromatic carbocycles. The van der Waals surface area contributed by atoms with Crippen LogP contribution >= 0.6 is 15.9 Å². The summed E-state index contributed by atoms with van der Waals surface area (Å²) in [6.45, 7) is 6.72. The molecule has 0 radical (unpaired) electrons. The number of rotatable bonds is 1. The van der Waals surface area contributed by atoms with Gasteiger partial charge in [-0.05, 0) is 22.1 Å². The smallest absolute Gasteiger partial charge is 0.267 e. The van der Waals surface area contributed by atoms with Gasteiger partial charge in [0.25, 0.3) is 0 Å². The first kappa shape index (κ1) is 12.3. The van der Waals surface area contributed by atoms with Gasteiger partial charge in [-0.25, -0.2) is 0 Å². The summed E-state index contributed by atoms with van der Waals surface area (Å²) in [6, 6.07) is 2.13. The van der Waals surface area contributed by atoms with Crippen LogP contribution in [-0.4, -0.2) is 11.1 Å². The van der Waals surface area contributed by atoms with Crippen LogP contribution in [0.3, 0.4) is 0 Å². The Morgan fingerprint density at radius 3 is 2.17 bits per heavy atom. The van der Waals surface area contributed by atoms with Crippen molar-refractivity contribution in [2.24, 2.45) is 0 Å². The molecule has 0 aliphatic rings. The Morgan fingerprint density at radius 1 is 1.25 bits per heavy atom. The molecule has 1 nitrogen and oxygen atoms in total. The van der Waals surface area contributed by atoms with Gasteiger partial charge in [0.2, 0.25) is 0 Å². The third kappa shape index (κ3) is 3.35. The zero-order chi connectivity index (χ0) is 8.48. The third-order valence-corrected chi connectivity index (χ3v) is 2.16. The second-order valence-electron chi connectivity index (χ2n) is 4.03. The molecule has 0 amide bonds. The third-order valence-electron chi connectivity index (χ3n) is 1.73. The van der Waals surface area contributed by atoms with E-state index in [1.54, 1.807) is 0 Å². The van der Waals surface area contributed by atoms with Crippen LogP contribution in [0.1, 0.15) is 0 Å². The van der Waals surface area contributed by atoms with Crippen molar-refractivity contribution in [1.29, 1.82) is 0 Å². The number of aromatic nitrogens is 1. The van der Waals surface area contributed by atoms with Crippen molar-refractivity contribution in [1.82, 2.24) is 4.98 Å². The Balaban J connectivity index is 0.00000121. The number of nitrogens with zero attached hydrogens (tertiary/aromatic N) is 1. The summed E-state index contributed by atoms with van der Waals surface area (Å²) in [5.41, 5.74) is 1.32. The van der Waals surface area contributed by atoms with Gasteiger partial charge in [-0.15, -0.1) is 0 Å². The predicted octanol–water partition coefficient (Wildman–Crippen LogP) is -0.607. The minimum Gasteiger partial charge on any atom is -0.267 e. The van der Waals surface area contributed by atoms with Gasteiger partial charge < -0.3 is 0 Å². The Morgan fingerprint density at radius 2 is 1.83 bits per heavy atom. The average Bonchev–Trinajstić information content (AvgIpc) is 1.86. The Bertz CT molecular complexity index is 259. The first-order valence-electron chi connectivity index (χ1n) is 3.88. The largest absolute Gasteiger partial charge is 1.00 e. The quantitative estimate of drug-likeness (QED) is 0.575. The van der Waals surface area contributed by atoms with Gasteiger partial charge in [-0.1, -0.05) is 6.07 Å². The van der Waals surface area contributed by atoms with Crippen LogP contribution < -0.4 is 24.3 Å².